The molecule has 8 heteroatoms. The van der Waals surface area contributed by atoms with Crippen molar-refractivity contribution in [2.24, 2.45) is 0 Å². The van der Waals surface area contributed by atoms with Crippen LogP contribution in [-0.4, -0.2) is 18.0 Å². The predicted octanol–water partition coefficient (Wildman–Crippen LogP) is 3.35. The van der Waals surface area contributed by atoms with Gasteiger partial charge in [0.25, 0.3) is 5.69 Å². The van der Waals surface area contributed by atoms with Gasteiger partial charge in [0.1, 0.15) is 5.76 Å². The zero-order valence-electron chi connectivity index (χ0n) is 11.0. The van der Waals surface area contributed by atoms with Gasteiger partial charge in [-0.25, -0.2) is 4.79 Å². The molecule has 1 aromatic carbocycles. The number of carbonyl (C=O) groups excluding carboxylic acids is 1. The van der Waals surface area contributed by atoms with Crippen LogP contribution in [0.2, 0.25) is 0 Å². The zero-order chi connectivity index (χ0) is 15.4. The van der Waals surface area contributed by atoms with E-state index in [1.54, 1.807) is 12.1 Å². The minimum atomic E-state index is -0.544. The number of nitro groups is 1. The predicted molar refractivity (Wildman–Crippen MR) is 78.2 cm³/mol. The van der Waals surface area contributed by atoms with Crippen molar-refractivity contribution in [3.63, 3.8) is 0 Å². The second-order valence-electron chi connectivity index (χ2n) is 4.03. The normalized spacial score (nSPS) is 10.2. The highest BCUT2D eigenvalue weighted by Crippen LogP contribution is 2.27. The quantitative estimate of drug-likeness (QED) is 0.502. The lowest BCUT2D eigenvalue weighted by Gasteiger charge is -2.06. The van der Waals surface area contributed by atoms with E-state index >= 15 is 0 Å². The molecule has 0 aliphatic rings. The number of nitro benzene ring substituents is 1. The largest absolute Gasteiger partial charge is 0.463 e. The molecule has 1 N–H and O–H groups in total. The van der Waals surface area contributed by atoms with Crippen LogP contribution in [0.15, 0.2) is 39.2 Å². The summed E-state index contributed by atoms with van der Waals surface area (Å²) < 4.78 is 10.4. The Balaban J connectivity index is 2.04. The first-order valence-electron chi connectivity index (χ1n) is 5.86. The number of carbonyl (C=O) groups is 1. The van der Waals surface area contributed by atoms with Gasteiger partial charge in [0.05, 0.1) is 18.6 Å². The lowest BCUT2D eigenvalue weighted by molar-refractivity contribution is -0.384. The Morgan fingerprint density at radius 1 is 1.43 bits per heavy atom. The van der Waals surface area contributed by atoms with Gasteiger partial charge in [-0.15, -0.1) is 0 Å². The number of ether oxygens (including phenoxy) is 1. The smallest absolute Gasteiger partial charge is 0.373 e. The second-order valence-corrected chi connectivity index (χ2v) is 4.89. The lowest BCUT2D eigenvalue weighted by Crippen LogP contribution is -2.01. The Kier molecular flexibility index (Phi) is 4.59. The van der Waals surface area contributed by atoms with E-state index in [1.807, 2.05) is 0 Å². The Morgan fingerprint density at radius 3 is 2.81 bits per heavy atom. The number of benzene rings is 1. The number of rotatable bonds is 5. The maximum Gasteiger partial charge on any atom is 0.373 e. The Morgan fingerprint density at radius 2 is 2.19 bits per heavy atom. The lowest BCUT2D eigenvalue weighted by atomic mass is 10.3. The molecule has 0 atom stereocenters. The second kappa shape index (κ2) is 6.40. The number of hydrogen-bond donors (Lipinski definition) is 1. The summed E-state index contributed by atoms with van der Waals surface area (Å²) in [5.74, 6) is 0.121. The van der Waals surface area contributed by atoms with Gasteiger partial charge >= 0.3 is 5.97 Å². The minimum absolute atomic E-state index is 0.00148. The first kappa shape index (κ1) is 15.0. The van der Waals surface area contributed by atoms with Crippen molar-refractivity contribution in [2.45, 2.75) is 6.54 Å². The fourth-order valence-electron chi connectivity index (χ4n) is 1.63. The van der Waals surface area contributed by atoms with Crippen LogP contribution in [0.25, 0.3) is 0 Å². The van der Waals surface area contributed by atoms with Crippen LogP contribution in [0.3, 0.4) is 0 Å². The summed E-state index contributed by atoms with van der Waals surface area (Å²) in [6, 6.07) is 7.57. The third-order valence-electron chi connectivity index (χ3n) is 2.66. The summed E-state index contributed by atoms with van der Waals surface area (Å²) in [5, 5.41) is 13.7. The van der Waals surface area contributed by atoms with Gasteiger partial charge < -0.3 is 14.5 Å². The number of halogens is 1. The molecule has 110 valence electrons. The Hall–Kier alpha value is -2.35. The Labute approximate surface area is 128 Å². The van der Waals surface area contributed by atoms with E-state index in [0.29, 0.717) is 22.5 Å². The van der Waals surface area contributed by atoms with Crippen LogP contribution in [0, 0.1) is 10.1 Å². The number of non-ortho nitro benzene ring substituents is 1. The molecule has 7 nitrogen and oxygen atoms in total. The molecule has 0 aliphatic heterocycles. The Bertz CT molecular complexity index is 683. The molecule has 0 saturated heterocycles. The summed E-state index contributed by atoms with van der Waals surface area (Å²) in [6.07, 6.45) is 0. The summed E-state index contributed by atoms with van der Waals surface area (Å²) in [5.41, 5.74) is 0.676. The van der Waals surface area contributed by atoms with E-state index in [-0.39, 0.29) is 11.4 Å². The molecule has 0 radical (unpaired) electrons. The van der Waals surface area contributed by atoms with Crippen LogP contribution in [0.5, 0.6) is 0 Å². The van der Waals surface area contributed by atoms with Gasteiger partial charge in [-0.1, -0.05) is 0 Å². The number of nitrogens with zero attached hydrogens (tertiary/aromatic N) is 1. The summed E-state index contributed by atoms with van der Waals surface area (Å²) in [7, 11) is 1.27. The SMILES string of the molecule is COC(=O)c1ccc(CNc2ccc([N+](=O)[O-])cc2Br)o1. The van der Waals surface area contributed by atoms with Crippen LogP contribution in [0.1, 0.15) is 16.3 Å². The number of hydrogen-bond acceptors (Lipinski definition) is 6. The number of esters is 1. The van der Waals surface area contributed by atoms with E-state index < -0.39 is 10.9 Å². The molecule has 1 aromatic heterocycles. The van der Waals surface area contributed by atoms with Gasteiger partial charge in [0.15, 0.2) is 0 Å². The molecular weight excluding hydrogens is 344 g/mol. The summed E-state index contributed by atoms with van der Waals surface area (Å²) >= 11 is 3.26. The first-order chi connectivity index (χ1) is 10.0. The van der Waals surface area contributed by atoms with E-state index in [4.69, 9.17) is 4.42 Å². The molecule has 0 aliphatic carbocycles. The van der Waals surface area contributed by atoms with Gasteiger partial charge in [-0.05, 0) is 34.1 Å². The van der Waals surface area contributed by atoms with Crippen molar-refractivity contribution in [1.29, 1.82) is 0 Å². The van der Waals surface area contributed by atoms with Crippen LogP contribution < -0.4 is 5.32 Å². The number of methoxy groups -OCH3 is 1. The molecule has 21 heavy (non-hydrogen) atoms. The number of furan rings is 1. The number of nitrogens with one attached hydrogen (secondary N) is 1. The van der Waals surface area contributed by atoms with E-state index in [9.17, 15) is 14.9 Å². The monoisotopic (exact) mass is 354 g/mol. The molecule has 0 amide bonds. The fourth-order valence-corrected chi connectivity index (χ4v) is 2.13. The van der Waals surface area contributed by atoms with Crippen LogP contribution in [-0.2, 0) is 11.3 Å². The topological polar surface area (TPSA) is 94.6 Å². The summed E-state index contributed by atoms with van der Waals surface area (Å²) in [4.78, 5) is 21.4. The van der Waals surface area contributed by atoms with Crippen molar-refractivity contribution in [3.05, 3.63) is 56.4 Å². The first-order valence-corrected chi connectivity index (χ1v) is 6.65. The van der Waals surface area contributed by atoms with Gasteiger partial charge in [-0.3, -0.25) is 10.1 Å². The van der Waals surface area contributed by atoms with E-state index in [0.717, 1.165) is 0 Å². The third-order valence-corrected chi connectivity index (χ3v) is 3.32. The van der Waals surface area contributed by atoms with Crippen molar-refractivity contribution < 1.29 is 18.9 Å². The minimum Gasteiger partial charge on any atom is -0.463 e. The maximum absolute atomic E-state index is 11.2. The van der Waals surface area contributed by atoms with E-state index in [1.165, 1.54) is 25.3 Å². The molecule has 0 fully saturated rings. The van der Waals surface area contributed by atoms with Gasteiger partial charge in [0, 0.05) is 22.3 Å². The van der Waals surface area contributed by atoms with Crippen molar-refractivity contribution in [2.75, 3.05) is 12.4 Å². The highest BCUT2D eigenvalue weighted by atomic mass is 79.9. The zero-order valence-corrected chi connectivity index (χ0v) is 12.5. The molecule has 1 heterocycles. The third kappa shape index (κ3) is 3.60. The van der Waals surface area contributed by atoms with Crippen LogP contribution in [0.4, 0.5) is 11.4 Å². The molecular formula is C13H11BrN2O5. The van der Waals surface area contributed by atoms with Crippen molar-refractivity contribution in [3.8, 4) is 0 Å². The molecule has 0 unspecified atom stereocenters. The van der Waals surface area contributed by atoms with Gasteiger partial charge in [-0.2, -0.15) is 0 Å². The van der Waals surface area contributed by atoms with Crippen molar-refractivity contribution >= 4 is 33.3 Å². The average molecular weight is 355 g/mol. The standard InChI is InChI=1S/C13H11BrN2O5/c1-20-13(17)12-5-3-9(21-12)7-15-11-4-2-8(16(18)19)6-10(11)14/h2-6,15H,7H2,1H3. The highest BCUT2D eigenvalue weighted by molar-refractivity contribution is 9.10. The van der Waals surface area contributed by atoms with Gasteiger partial charge in [0.2, 0.25) is 5.76 Å². The summed E-state index contributed by atoms with van der Waals surface area (Å²) in [6.45, 7) is 0.327. The van der Waals surface area contributed by atoms with Crippen LogP contribution >= 0.6 is 15.9 Å². The highest BCUT2D eigenvalue weighted by Gasteiger charge is 2.12. The molecule has 2 rings (SSSR count). The molecule has 0 spiro atoms. The molecule has 0 saturated carbocycles. The van der Waals surface area contributed by atoms with E-state index in [2.05, 4.69) is 26.0 Å². The molecule has 2 aromatic rings. The average Bonchev–Trinajstić information content (AvgIpc) is 2.93. The fraction of sp³-hybridized carbons (Fsp3) is 0.154. The maximum atomic E-state index is 11.2. The number of anilines is 1. The van der Waals surface area contributed by atoms with Crippen molar-refractivity contribution in [1.82, 2.24) is 0 Å². The molecule has 0 bridgehead atoms.